The van der Waals surface area contributed by atoms with Gasteiger partial charge in [-0.05, 0) is 99.8 Å². The second kappa shape index (κ2) is 15.2. The van der Waals surface area contributed by atoms with E-state index in [9.17, 15) is 5.26 Å². The number of thiophene rings is 2. The highest BCUT2D eigenvalue weighted by Gasteiger charge is 2.47. The Bertz CT molecular complexity index is 1770. The highest BCUT2D eigenvalue weighted by Crippen LogP contribution is 2.62. The summed E-state index contributed by atoms with van der Waals surface area (Å²) in [6, 6.07) is 9.65. The summed E-state index contributed by atoms with van der Waals surface area (Å²) in [6.07, 6.45) is 12.7. The van der Waals surface area contributed by atoms with Crippen LogP contribution in [0.3, 0.4) is 0 Å². The van der Waals surface area contributed by atoms with Gasteiger partial charge in [0.1, 0.15) is 11.0 Å². The van der Waals surface area contributed by atoms with E-state index < -0.39 is 0 Å². The molecular formula is C44H63N3OS2. The Morgan fingerprint density at radius 2 is 1.24 bits per heavy atom. The lowest BCUT2D eigenvalue weighted by atomic mass is 9.69. The van der Waals surface area contributed by atoms with Crippen molar-refractivity contribution in [2.24, 2.45) is 23.7 Å². The number of rotatable bonds is 15. The summed E-state index contributed by atoms with van der Waals surface area (Å²) in [5, 5.41) is 19.2. The van der Waals surface area contributed by atoms with Crippen molar-refractivity contribution < 1.29 is 4.63 Å². The highest BCUT2D eigenvalue weighted by molar-refractivity contribution is 7.24. The minimum absolute atomic E-state index is 0.0113. The van der Waals surface area contributed by atoms with Crippen LogP contribution in [-0.2, 0) is 16.2 Å². The third-order valence-corrected chi connectivity index (χ3v) is 14.1. The number of aromatic nitrogens is 2. The van der Waals surface area contributed by atoms with Gasteiger partial charge in [0.25, 0.3) is 0 Å². The number of fused-ring (bicyclic) bond motifs is 4. The van der Waals surface area contributed by atoms with Crippen LogP contribution in [0, 0.1) is 35.0 Å². The van der Waals surface area contributed by atoms with Crippen molar-refractivity contribution in [3.05, 3.63) is 45.3 Å². The molecule has 2 unspecified atom stereocenters. The van der Waals surface area contributed by atoms with Gasteiger partial charge in [0, 0.05) is 36.1 Å². The van der Waals surface area contributed by atoms with Crippen molar-refractivity contribution in [2.75, 3.05) is 0 Å². The van der Waals surface area contributed by atoms with Crippen LogP contribution in [0.5, 0.6) is 0 Å². The van der Waals surface area contributed by atoms with Crippen LogP contribution in [0.25, 0.3) is 31.2 Å². The molecule has 4 aromatic rings. The molecule has 4 nitrogen and oxygen atoms in total. The molecule has 0 saturated carbocycles. The van der Waals surface area contributed by atoms with Crippen LogP contribution in [0.1, 0.15) is 174 Å². The Balaban J connectivity index is 1.63. The summed E-state index contributed by atoms with van der Waals surface area (Å²) in [4.78, 5) is 5.55. The van der Waals surface area contributed by atoms with Gasteiger partial charge in [-0.2, -0.15) is 5.26 Å². The number of benzene rings is 1. The zero-order valence-electron chi connectivity index (χ0n) is 33.2. The third kappa shape index (κ3) is 8.10. The summed E-state index contributed by atoms with van der Waals surface area (Å²) in [7, 11) is 0. The molecule has 0 radical (unpaired) electrons. The van der Waals surface area contributed by atoms with Gasteiger partial charge in [-0.25, -0.2) is 4.63 Å². The molecule has 1 aliphatic carbocycles. The minimum atomic E-state index is -0.264. The predicted molar refractivity (Wildman–Crippen MR) is 215 cm³/mol. The molecule has 0 amide bonds. The molecular weight excluding hydrogens is 651 g/mol. The summed E-state index contributed by atoms with van der Waals surface area (Å²) >= 11 is 3.90. The van der Waals surface area contributed by atoms with E-state index in [2.05, 4.69) is 118 Å². The maximum atomic E-state index is 10.4. The van der Waals surface area contributed by atoms with Gasteiger partial charge in [0.15, 0.2) is 0 Å². The largest absolute Gasteiger partial charge is 0.243 e. The molecule has 0 aliphatic heterocycles. The molecule has 3 heterocycles. The quantitative estimate of drug-likeness (QED) is 0.123. The fourth-order valence-electron chi connectivity index (χ4n) is 8.14. The first kappa shape index (κ1) is 38.7. The van der Waals surface area contributed by atoms with Crippen LogP contribution < -0.4 is 0 Å². The third-order valence-electron chi connectivity index (χ3n) is 11.2. The molecule has 0 spiro atoms. The van der Waals surface area contributed by atoms with E-state index in [0.717, 1.165) is 28.5 Å². The van der Waals surface area contributed by atoms with Crippen molar-refractivity contribution in [3.63, 3.8) is 0 Å². The maximum Gasteiger partial charge on any atom is 0.144 e. The summed E-state index contributed by atoms with van der Waals surface area (Å²) in [6.45, 7) is 27.8. The first-order chi connectivity index (χ1) is 23.5. The molecule has 0 fully saturated rings. The standard InChI is InChI=1S/C44H63N3OS2/c1-27(2)15-13-17-29(5)19-21-44(22-20-30(6)18-14-16-28(3)4)33-24-35(49-40(33)41-34(44)25-36(50-41)42(7,8)9)32-23-31(26-45)37(43(10,11)12)39-38(32)46-48-47-39/h23-25,27-30H,13-22H2,1-12H3. The van der Waals surface area contributed by atoms with Crippen molar-refractivity contribution in [1.29, 1.82) is 5.26 Å². The van der Waals surface area contributed by atoms with E-state index in [0.29, 0.717) is 22.9 Å². The average molecular weight is 714 g/mol. The molecule has 6 heteroatoms. The van der Waals surface area contributed by atoms with Gasteiger partial charge < -0.3 is 0 Å². The van der Waals surface area contributed by atoms with Crippen LogP contribution in [-0.4, -0.2) is 10.3 Å². The molecule has 1 aliphatic rings. The van der Waals surface area contributed by atoms with Gasteiger partial charge in [-0.1, -0.05) is 122 Å². The number of hydrogen-bond acceptors (Lipinski definition) is 6. The summed E-state index contributed by atoms with van der Waals surface area (Å²) in [5.74, 6) is 2.93. The highest BCUT2D eigenvalue weighted by atomic mass is 32.1. The zero-order chi connectivity index (χ0) is 36.6. The first-order valence-corrected chi connectivity index (χ1v) is 21.1. The number of hydrogen-bond donors (Lipinski definition) is 0. The van der Waals surface area contributed by atoms with Crippen molar-refractivity contribution in [3.8, 4) is 26.3 Å². The Morgan fingerprint density at radius 1 is 0.700 bits per heavy atom. The maximum absolute atomic E-state index is 10.4. The fourth-order valence-corrected chi connectivity index (χ4v) is 10.9. The smallest absolute Gasteiger partial charge is 0.144 e. The van der Waals surface area contributed by atoms with Crippen LogP contribution >= 0.6 is 22.7 Å². The summed E-state index contributed by atoms with van der Waals surface area (Å²) in [5.41, 5.74) is 6.92. The number of nitrogens with zero attached hydrogens (tertiary/aromatic N) is 3. The van der Waals surface area contributed by atoms with E-state index in [-0.39, 0.29) is 16.2 Å². The average Bonchev–Trinajstić information content (AvgIpc) is 3.80. The Morgan fingerprint density at radius 3 is 1.76 bits per heavy atom. The second-order valence-corrected chi connectivity index (χ2v) is 20.8. The lowest BCUT2D eigenvalue weighted by Crippen LogP contribution is -2.27. The van der Waals surface area contributed by atoms with Crippen molar-refractivity contribution >= 4 is 33.7 Å². The van der Waals surface area contributed by atoms with E-state index in [4.69, 9.17) is 4.63 Å². The Kier molecular flexibility index (Phi) is 11.8. The van der Waals surface area contributed by atoms with Crippen molar-refractivity contribution in [2.45, 2.75) is 164 Å². The van der Waals surface area contributed by atoms with Gasteiger partial charge in [-0.3, -0.25) is 0 Å². The normalized spacial score (nSPS) is 17.5. The predicted octanol–water partition coefficient (Wildman–Crippen LogP) is 14.2. The molecule has 1 aromatic carbocycles. The van der Waals surface area contributed by atoms with Gasteiger partial charge in [0.05, 0.1) is 11.6 Å². The number of nitriles is 1. The Hall–Kier alpha value is -2.49. The van der Waals surface area contributed by atoms with Gasteiger partial charge in [-0.15, -0.1) is 22.7 Å². The molecule has 2 atom stereocenters. The van der Waals surface area contributed by atoms with Crippen LogP contribution in [0.2, 0.25) is 0 Å². The molecule has 50 heavy (non-hydrogen) atoms. The lowest BCUT2D eigenvalue weighted by Gasteiger charge is -2.34. The fraction of sp³-hybridized carbons (Fsp3) is 0.659. The monoisotopic (exact) mass is 713 g/mol. The van der Waals surface area contributed by atoms with Crippen LogP contribution in [0.4, 0.5) is 0 Å². The topological polar surface area (TPSA) is 62.7 Å². The Labute approximate surface area is 311 Å². The molecule has 272 valence electrons. The van der Waals surface area contributed by atoms with Crippen molar-refractivity contribution in [1.82, 2.24) is 10.3 Å². The van der Waals surface area contributed by atoms with Crippen LogP contribution in [0.15, 0.2) is 22.8 Å². The van der Waals surface area contributed by atoms with E-state index >= 15 is 0 Å². The van der Waals surface area contributed by atoms with Gasteiger partial charge in [0.2, 0.25) is 0 Å². The lowest BCUT2D eigenvalue weighted by molar-refractivity contribution is 0.315. The molecule has 5 rings (SSSR count). The minimum Gasteiger partial charge on any atom is -0.243 e. The SMILES string of the molecule is CC(C)CCCC(C)CCC1(CCC(C)CCCC(C)C)c2cc(-c3cc(C#N)c(C(C)(C)C)c4nonc34)sc2-c2sc(C(C)(C)C)cc21. The first-order valence-electron chi connectivity index (χ1n) is 19.5. The summed E-state index contributed by atoms with van der Waals surface area (Å²) < 4.78 is 5.40. The van der Waals surface area contributed by atoms with E-state index in [1.165, 1.54) is 89.3 Å². The zero-order valence-corrected chi connectivity index (χ0v) is 34.8. The van der Waals surface area contributed by atoms with E-state index in [1.54, 1.807) is 5.56 Å². The molecule has 0 saturated heterocycles. The second-order valence-electron chi connectivity index (χ2n) is 18.6. The molecule has 0 bridgehead atoms. The molecule has 3 aromatic heterocycles. The molecule has 0 N–H and O–H groups in total. The van der Waals surface area contributed by atoms with E-state index in [1.807, 2.05) is 22.7 Å². The van der Waals surface area contributed by atoms with Gasteiger partial charge >= 0.3 is 0 Å².